The zero-order valence-electron chi connectivity index (χ0n) is 16.8. The topological polar surface area (TPSA) is 98.7 Å². The molecule has 0 spiro atoms. The first-order valence-corrected chi connectivity index (χ1v) is 9.29. The first-order valence-electron chi connectivity index (χ1n) is 9.29. The summed E-state index contributed by atoms with van der Waals surface area (Å²) in [5, 5.41) is 24.3. The summed E-state index contributed by atoms with van der Waals surface area (Å²) in [6.07, 6.45) is -9.15. The molecule has 0 amide bonds. The van der Waals surface area contributed by atoms with E-state index < -0.39 is 46.5 Å². The van der Waals surface area contributed by atoms with Crippen molar-refractivity contribution in [3.05, 3.63) is 82.9 Å². The number of carboxylic acids is 2. The van der Waals surface area contributed by atoms with Gasteiger partial charge in [-0.05, 0) is 60.7 Å². The van der Waals surface area contributed by atoms with Crippen molar-refractivity contribution < 1.29 is 46.1 Å². The SMILES string of the molecule is O=C(O)c1cc(Nc2ccc(C(F)(F)F)cc2)c(C(=O)O)cc1Nc1ccc(C(F)(F)F)cc1. The highest BCUT2D eigenvalue weighted by Gasteiger charge is 2.31. The fraction of sp³-hybridized carbons (Fsp3) is 0.0909. The number of hydrogen-bond acceptors (Lipinski definition) is 4. The molecule has 3 aromatic carbocycles. The summed E-state index contributed by atoms with van der Waals surface area (Å²) < 4.78 is 76.4. The number of carbonyl (C=O) groups is 2. The van der Waals surface area contributed by atoms with Gasteiger partial charge in [-0.3, -0.25) is 0 Å². The molecule has 0 unspecified atom stereocenters. The lowest BCUT2D eigenvalue weighted by atomic mass is 10.0. The van der Waals surface area contributed by atoms with Gasteiger partial charge in [-0.1, -0.05) is 0 Å². The number of rotatable bonds is 6. The Morgan fingerprint density at radius 1 is 0.588 bits per heavy atom. The minimum absolute atomic E-state index is 0.0651. The van der Waals surface area contributed by atoms with Crippen molar-refractivity contribution in [2.45, 2.75) is 12.4 Å². The van der Waals surface area contributed by atoms with Crippen molar-refractivity contribution in [1.29, 1.82) is 0 Å². The minimum atomic E-state index is -4.58. The van der Waals surface area contributed by atoms with E-state index in [9.17, 15) is 46.1 Å². The zero-order chi connectivity index (χ0) is 25.3. The molecule has 0 fully saturated rings. The second kappa shape index (κ2) is 8.96. The third kappa shape index (κ3) is 5.57. The molecule has 178 valence electrons. The van der Waals surface area contributed by atoms with Crippen LogP contribution in [0.3, 0.4) is 0 Å². The van der Waals surface area contributed by atoms with E-state index in [1.54, 1.807) is 0 Å². The van der Waals surface area contributed by atoms with Gasteiger partial charge < -0.3 is 20.8 Å². The molecule has 3 aromatic rings. The second-order valence-electron chi connectivity index (χ2n) is 6.95. The van der Waals surface area contributed by atoms with Gasteiger partial charge in [0.1, 0.15) is 0 Å². The van der Waals surface area contributed by atoms with E-state index in [0.717, 1.165) is 60.7 Å². The van der Waals surface area contributed by atoms with Crippen LogP contribution < -0.4 is 10.6 Å². The number of nitrogens with one attached hydrogen (secondary N) is 2. The average molecular weight is 484 g/mol. The normalized spacial score (nSPS) is 11.7. The molecule has 0 aromatic heterocycles. The Balaban J connectivity index is 1.97. The number of aromatic carboxylic acids is 2. The second-order valence-corrected chi connectivity index (χ2v) is 6.95. The van der Waals surface area contributed by atoms with Gasteiger partial charge in [0.15, 0.2) is 0 Å². The van der Waals surface area contributed by atoms with E-state index in [4.69, 9.17) is 0 Å². The summed E-state index contributed by atoms with van der Waals surface area (Å²) in [7, 11) is 0. The first kappa shape index (κ1) is 24.4. The number of carboxylic acid groups (broad SMARTS) is 2. The Morgan fingerprint density at radius 2 is 0.882 bits per heavy atom. The maximum absolute atomic E-state index is 12.7. The summed E-state index contributed by atoms with van der Waals surface area (Å²) >= 11 is 0. The maximum Gasteiger partial charge on any atom is 0.416 e. The van der Waals surface area contributed by atoms with Crippen LogP contribution in [0.4, 0.5) is 49.1 Å². The van der Waals surface area contributed by atoms with E-state index in [-0.39, 0.29) is 22.7 Å². The van der Waals surface area contributed by atoms with E-state index in [1.165, 1.54) is 0 Å². The molecule has 12 heteroatoms. The molecule has 0 heterocycles. The predicted octanol–water partition coefficient (Wildman–Crippen LogP) is 6.61. The Bertz CT molecular complexity index is 1120. The molecule has 0 aliphatic heterocycles. The van der Waals surface area contributed by atoms with Crippen LogP contribution in [0.25, 0.3) is 0 Å². The maximum atomic E-state index is 12.7. The molecule has 34 heavy (non-hydrogen) atoms. The fourth-order valence-electron chi connectivity index (χ4n) is 2.96. The lowest BCUT2D eigenvalue weighted by molar-refractivity contribution is -0.138. The average Bonchev–Trinajstić information content (AvgIpc) is 2.73. The third-order valence-corrected chi connectivity index (χ3v) is 4.60. The van der Waals surface area contributed by atoms with Gasteiger partial charge >= 0.3 is 24.3 Å². The molecule has 4 N–H and O–H groups in total. The molecular formula is C22H14F6N2O4. The Labute approximate surface area is 187 Å². The molecule has 0 saturated heterocycles. The van der Waals surface area contributed by atoms with Crippen molar-refractivity contribution in [1.82, 2.24) is 0 Å². The molecular weight excluding hydrogens is 470 g/mol. The van der Waals surface area contributed by atoms with Crippen LogP contribution in [0.1, 0.15) is 31.8 Å². The Hall–Kier alpha value is -4.22. The summed E-state index contributed by atoms with van der Waals surface area (Å²) in [5.74, 6) is -2.97. The monoisotopic (exact) mass is 484 g/mol. The van der Waals surface area contributed by atoms with Crippen LogP contribution >= 0.6 is 0 Å². The summed E-state index contributed by atoms with van der Waals surface area (Å²) in [5.41, 5.74) is -3.04. The van der Waals surface area contributed by atoms with E-state index in [0.29, 0.717) is 0 Å². The predicted molar refractivity (Wildman–Crippen MR) is 110 cm³/mol. The van der Waals surface area contributed by atoms with Gasteiger partial charge in [0.05, 0.1) is 33.6 Å². The first-order chi connectivity index (χ1) is 15.8. The summed E-state index contributed by atoms with van der Waals surface area (Å²) in [6, 6.07) is 9.15. The zero-order valence-corrected chi connectivity index (χ0v) is 16.8. The summed E-state index contributed by atoms with van der Waals surface area (Å²) in [4.78, 5) is 23.5. The molecule has 3 rings (SSSR count). The van der Waals surface area contributed by atoms with Gasteiger partial charge in [-0.2, -0.15) is 26.3 Å². The van der Waals surface area contributed by atoms with Crippen LogP contribution in [0.2, 0.25) is 0 Å². The van der Waals surface area contributed by atoms with Crippen molar-refractivity contribution in [3.8, 4) is 0 Å². The highest BCUT2D eigenvalue weighted by atomic mass is 19.4. The molecule has 0 atom stereocenters. The Morgan fingerprint density at radius 3 is 1.12 bits per heavy atom. The van der Waals surface area contributed by atoms with E-state index in [1.807, 2.05) is 0 Å². The molecule has 0 saturated carbocycles. The smallest absolute Gasteiger partial charge is 0.416 e. The van der Waals surface area contributed by atoms with E-state index in [2.05, 4.69) is 10.6 Å². The van der Waals surface area contributed by atoms with Crippen LogP contribution in [0, 0.1) is 0 Å². The lowest BCUT2D eigenvalue weighted by Gasteiger charge is -2.16. The number of alkyl halides is 6. The molecule has 0 aliphatic carbocycles. The third-order valence-electron chi connectivity index (χ3n) is 4.60. The van der Waals surface area contributed by atoms with Crippen LogP contribution in [-0.2, 0) is 12.4 Å². The van der Waals surface area contributed by atoms with Crippen molar-refractivity contribution >= 4 is 34.7 Å². The lowest BCUT2D eigenvalue weighted by Crippen LogP contribution is -2.10. The van der Waals surface area contributed by atoms with Crippen molar-refractivity contribution in [2.24, 2.45) is 0 Å². The Kier molecular flexibility index (Phi) is 6.44. The van der Waals surface area contributed by atoms with Gasteiger partial charge in [-0.15, -0.1) is 0 Å². The van der Waals surface area contributed by atoms with Gasteiger partial charge in [-0.25, -0.2) is 9.59 Å². The molecule has 0 bridgehead atoms. The summed E-state index contributed by atoms with van der Waals surface area (Å²) in [6.45, 7) is 0. The van der Waals surface area contributed by atoms with Crippen LogP contribution in [0.5, 0.6) is 0 Å². The number of anilines is 4. The quantitative estimate of drug-likeness (QED) is 0.294. The standard InChI is InChI=1S/C22H14F6N2O4/c23-21(24,25)11-1-5-13(6-2-11)29-17-9-16(20(33)34)18(10-15(17)19(31)32)30-14-7-3-12(4-8-14)22(26,27)28/h1-10,29-30H,(H,31,32)(H,33,34). The molecule has 6 nitrogen and oxygen atoms in total. The van der Waals surface area contributed by atoms with Gasteiger partial charge in [0.2, 0.25) is 0 Å². The van der Waals surface area contributed by atoms with Crippen molar-refractivity contribution in [2.75, 3.05) is 10.6 Å². The highest BCUT2D eigenvalue weighted by Crippen LogP contribution is 2.34. The molecule has 0 radical (unpaired) electrons. The largest absolute Gasteiger partial charge is 0.478 e. The number of hydrogen-bond donors (Lipinski definition) is 4. The van der Waals surface area contributed by atoms with Crippen LogP contribution in [0.15, 0.2) is 60.7 Å². The van der Waals surface area contributed by atoms with Gasteiger partial charge in [0.25, 0.3) is 0 Å². The van der Waals surface area contributed by atoms with Gasteiger partial charge in [0, 0.05) is 11.4 Å². The van der Waals surface area contributed by atoms with Crippen molar-refractivity contribution in [3.63, 3.8) is 0 Å². The fourth-order valence-corrected chi connectivity index (χ4v) is 2.96. The number of benzene rings is 3. The highest BCUT2D eigenvalue weighted by molar-refractivity contribution is 6.03. The molecule has 0 aliphatic rings. The van der Waals surface area contributed by atoms with E-state index >= 15 is 0 Å². The number of halogens is 6. The van der Waals surface area contributed by atoms with Crippen LogP contribution in [-0.4, -0.2) is 22.2 Å². The minimum Gasteiger partial charge on any atom is -0.478 e.